The Balaban J connectivity index is 0.000000554. The van der Waals surface area contributed by atoms with Crippen molar-refractivity contribution in [2.24, 2.45) is 5.92 Å². The molecule has 1 N–H and O–H groups in total. The first kappa shape index (κ1) is 32.5. The molecule has 3 aromatic rings. The van der Waals surface area contributed by atoms with Crippen LogP contribution in [0.5, 0.6) is 5.75 Å². The Labute approximate surface area is 230 Å². The third kappa shape index (κ3) is 9.74. The van der Waals surface area contributed by atoms with E-state index in [9.17, 15) is 4.79 Å². The molecule has 0 atom stereocenters. The molecule has 0 aliphatic heterocycles. The minimum absolute atomic E-state index is 0.311. The number of fused-ring (bicyclic) bond motifs is 1. The number of benzene rings is 2. The van der Waals surface area contributed by atoms with E-state index in [1.807, 2.05) is 40.4 Å². The second-order valence-electron chi connectivity index (χ2n) is 9.46. The number of carboxylic acids is 1. The molecule has 0 spiro atoms. The molecule has 1 aliphatic rings. The summed E-state index contributed by atoms with van der Waals surface area (Å²) in [7, 11) is 2.12. The van der Waals surface area contributed by atoms with E-state index in [4.69, 9.17) is 19.4 Å². The van der Waals surface area contributed by atoms with Gasteiger partial charge in [-0.2, -0.15) is 0 Å². The Morgan fingerprint density at radius 3 is 2.18 bits per heavy atom. The number of carboxylic acid groups (broad SMARTS) is 1. The first-order valence-electron chi connectivity index (χ1n) is 12.4. The maximum Gasteiger partial charge on any atom is 0.335 e. The number of rotatable bonds is 7. The standard InChI is InChI=1S/C23H29NO3.C5H7NS.2CH2O/c1-15(2)13-24(4)21-11-17-6-5-7-18(17)12-22(21)27-14-20-9-8-19(23(25)26)10-16(20)3;1-4-3-7-5(2)6-4;2*1-2/h8-12,15H,5-7,13-14H2,1-4H3,(H,25,26);3H,1-2H3;2*1H2. The highest BCUT2D eigenvalue weighted by atomic mass is 32.1. The maximum absolute atomic E-state index is 11.1. The van der Waals surface area contributed by atoms with E-state index in [1.54, 1.807) is 23.5 Å². The number of thiazole rings is 1. The van der Waals surface area contributed by atoms with E-state index in [-0.39, 0.29) is 0 Å². The zero-order valence-corrected chi connectivity index (χ0v) is 24.2. The van der Waals surface area contributed by atoms with Crippen LogP contribution in [0.4, 0.5) is 5.69 Å². The van der Waals surface area contributed by atoms with Crippen molar-refractivity contribution in [2.45, 2.75) is 60.5 Å². The molecule has 2 aromatic carbocycles. The fourth-order valence-corrected chi connectivity index (χ4v) is 4.86. The Kier molecular flexibility index (Phi) is 14.0. The number of carbonyl (C=O) groups is 3. The lowest BCUT2D eigenvalue weighted by molar-refractivity contribution is -0.0987. The van der Waals surface area contributed by atoms with Gasteiger partial charge < -0.3 is 24.3 Å². The van der Waals surface area contributed by atoms with Crippen LogP contribution >= 0.6 is 11.3 Å². The molecule has 0 bridgehead atoms. The van der Waals surface area contributed by atoms with Crippen molar-refractivity contribution in [1.82, 2.24) is 4.98 Å². The van der Waals surface area contributed by atoms with Crippen molar-refractivity contribution >= 4 is 36.6 Å². The number of aromatic nitrogens is 1. The molecule has 1 heterocycles. The minimum Gasteiger partial charge on any atom is -0.487 e. The third-order valence-corrected chi connectivity index (χ3v) is 6.82. The topological polar surface area (TPSA) is 96.8 Å². The van der Waals surface area contributed by atoms with Gasteiger partial charge in [-0.05, 0) is 92.5 Å². The zero-order chi connectivity index (χ0) is 28.8. The molecule has 0 saturated heterocycles. The summed E-state index contributed by atoms with van der Waals surface area (Å²) >= 11 is 1.69. The van der Waals surface area contributed by atoms with Gasteiger partial charge in [0, 0.05) is 24.7 Å². The van der Waals surface area contributed by atoms with Crippen molar-refractivity contribution in [2.75, 3.05) is 18.5 Å². The number of anilines is 1. The SMILES string of the molecule is C=O.C=O.Cc1cc(C(=O)O)ccc1COc1cc2c(cc1N(C)CC(C)C)CCC2.Cc1csc(C)n1. The molecular weight excluding hydrogens is 500 g/mol. The van der Waals surface area contributed by atoms with E-state index in [0.29, 0.717) is 18.1 Å². The van der Waals surface area contributed by atoms with E-state index in [1.165, 1.54) is 17.5 Å². The highest BCUT2D eigenvalue weighted by molar-refractivity contribution is 7.09. The van der Waals surface area contributed by atoms with Crippen LogP contribution in [0, 0.1) is 26.7 Å². The lowest BCUT2D eigenvalue weighted by Crippen LogP contribution is -2.23. The van der Waals surface area contributed by atoms with Crippen molar-refractivity contribution < 1.29 is 24.2 Å². The zero-order valence-electron chi connectivity index (χ0n) is 23.4. The number of hydrogen-bond acceptors (Lipinski definition) is 7. The number of carbonyl (C=O) groups excluding carboxylic acids is 2. The molecule has 1 aliphatic carbocycles. The van der Waals surface area contributed by atoms with Gasteiger partial charge in [0.25, 0.3) is 0 Å². The molecule has 7 nitrogen and oxygen atoms in total. The van der Waals surface area contributed by atoms with Crippen LogP contribution in [0.2, 0.25) is 0 Å². The summed E-state index contributed by atoms with van der Waals surface area (Å²) in [6.45, 7) is 15.8. The van der Waals surface area contributed by atoms with Crippen LogP contribution in [0.25, 0.3) is 0 Å². The van der Waals surface area contributed by atoms with Gasteiger partial charge in [-0.15, -0.1) is 11.3 Å². The van der Waals surface area contributed by atoms with E-state index in [0.717, 1.165) is 52.7 Å². The second-order valence-corrected chi connectivity index (χ2v) is 10.5. The van der Waals surface area contributed by atoms with Gasteiger partial charge in [-0.3, -0.25) is 0 Å². The first-order chi connectivity index (χ1) is 18.1. The fraction of sp³-hybridized carbons (Fsp3) is 0.400. The molecule has 206 valence electrons. The van der Waals surface area contributed by atoms with Crippen LogP contribution in [0.1, 0.15) is 63.6 Å². The predicted molar refractivity (Wildman–Crippen MR) is 155 cm³/mol. The number of hydrogen-bond donors (Lipinski definition) is 1. The molecule has 38 heavy (non-hydrogen) atoms. The maximum atomic E-state index is 11.1. The van der Waals surface area contributed by atoms with Crippen molar-refractivity contribution in [3.8, 4) is 5.75 Å². The lowest BCUT2D eigenvalue weighted by atomic mass is 10.1. The molecule has 0 unspecified atom stereocenters. The normalized spacial score (nSPS) is 11.1. The molecule has 0 fully saturated rings. The summed E-state index contributed by atoms with van der Waals surface area (Å²) in [5, 5.41) is 12.3. The van der Waals surface area contributed by atoms with Crippen molar-refractivity contribution in [3.63, 3.8) is 0 Å². The van der Waals surface area contributed by atoms with Crippen molar-refractivity contribution in [3.05, 3.63) is 74.2 Å². The predicted octanol–water partition coefficient (Wildman–Crippen LogP) is 6.24. The van der Waals surface area contributed by atoms with Gasteiger partial charge in [-0.25, -0.2) is 9.78 Å². The molecule has 0 radical (unpaired) electrons. The first-order valence-corrected chi connectivity index (χ1v) is 13.3. The minimum atomic E-state index is -0.901. The average molecular weight is 541 g/mol. The summed E-state index contributed by atoms with van der Waals surface area (Å²) in [5.41, 5.74) is 7.36. The Bertz CT molecular complexity index is 1160. The molecule has 0 saturated carbocycles. The summed E-state index contributed by atoms with van der Waals surface area (Å²) < 4.78 is 6.24. The monoisotopic (exact) mass is 540 g/mol. The van der Waals surface area contributed by atoms with E-state index in [2.05, 4.69) is 48.3 Å². The van der Waals surface area contributed by atoms with Crippen LogP contribution in [0.15, 0.2) is 35.7 Å². The van der Waals surface area contributed by atoms with E-state index >= 15 is 0 Å². The summed E-state index contributed by atoms with van der Waals surface area (Å²) in [4.78, 5) is 33.5. The lowest BCUT2D eigenvalue weighted by Gasteiger charge is -2.25. The average Bonchev–Trinajstić information content (AvgIpc) is 3.52. The summed E-state index contributed by atoms with van der Waals surface area (Å²) in [5.74, 6) is 0.587. The number of nitrogens with zero attached hydrogens (tertiary/aromatic N) is 2. The Morgan fingerprint density at radius 1 is 1.08 bits per heavy atom. The van der Waals surface area contributed by atoms with Gasteiger partial charge in [-0.1, -0.05) is 19.9 Å². The van der Waals surface area contributed by atoms with Crippen LogP contribution in [-0.4, -0.2) is 43.2 Å². The van der Waals surface area contributed by atoms with Gasteiger partial charge in [0.15, 0.2) is 0 Å². The highest BCUT2D eigenvalue weighted by Crippen LogP contribution is 2.36. The summed E-state index contributed by atoms with van der Waals surface area (Å²) in [6, 6.07) is 9.69. The molecular formula is C30H40N2O5S. The second kappa shape index (κ2) is 16.3. The Hall–Kier alpha value is -3.52. The van der Waals surface area contributed by atoms with E-state index < -0.39 is 5.97 Å². The molecule has 8 heteroatoms. The third-order valence-electron chi connectivity index (χ3n) is 5.93. The largest absolute Gasteiger partial charge is 0.487 e. The Morgan fingerprint density at radius 2 is 1.71 bits per heavy atom. The fourth-order valence-electron chi connectivity index (χ4n) is 4.27. The molecule has 0 amide bonds. The number of ether oxygens (including phenoxy) is 1. The number of aryl methyl sites for hydroxylation is 5. The highest BCUT2D eigenvalue weighted by Gasteiger charge is 2.18. The quantitative estimate of drug-likeness (QED) is 0.379. The van der Waals surface area contributed by atoms with Gasteiger partial charge in [0.05, 0.1) is 16.3 Å². The smallest absolute Gasteiger partial charge is 0.335 e. The van der Waals surface area contributed by atoms with Crippen LogP contribution in [0.3, 0.4) is 0 Å². The molecule has 1 aromatic heterocycles. The van der Waals surface area contributed by atoms with Crippen molar-refractivity contribution in [1.29, 1.82) is 0 Å². The van der Waals surface area contributed by atoms with Gasteiger partial charge >= 0.3 is 5.97 Å². The van der Waals surface area contributed by atoms with Crippen LogP contribution in [-0.2, 0) is 29.0 Å². The van der Waals surface area contributed by atoms with Crippen LogP contribution < -0.4 is 9.64 Å². The van der Waals surface area contributed by atoms with Gasteiger partial charge in [0.2, 0.25) is 0 Å². The van der Waals surface area contributed by atoms with Gasteiger partial charge in [0.1, 0.15) is 25.9 Å². The summed E-state index contributed by atoms with van der Waals surface area (Å²) in [6.07, 6.45) is 3.47. The molecule has 4 rings (SSSR count). The number of aromatic carboxylic acids is 1.